The molecule has 1 fully saturated rings. The first kappa shape index (κ1) is 13.3. The number of aromatic nitrogens is 1. The second-order valence-corrected chi connectivity index (χ2v) is 4.96. The van der Waals surface area contributed by atoms with Gasteiger partial charge in [0.05, 0.1) is 17.8 Å². The number of pyridine rings is 1. The van der Waals surface area contributed by atoms with E-state index >= 15 is 0 Å². The number of rotatable bonds is 4. The normalized spacial score (nSPS) is 34.4. The number of ether oxygens (including phenoxy) is 2. The molecule has 3 rings (SSSR count). The van der Waals surface area contributed by atoms with E-state index in [1.54, 1.807) is 13.3 Å². The Morgan fingerprint density at radius 3 is 3.05 bits per heavy atom. The van der Waals surface area contributed by atoms with E-state index in [-0.39, 0.29) is 18.2 Å². The van der Waals surface area contributed by atoms with Crippen molar-refractivity contribution >= 4 is 5.97 Å². The molecule has 1 aromatic heterocycles. The lowest BCUT2D eigenvalue weighted by molar-refractivity contribution is -0.144. The summed E-state index contributed by atoms with van der Waals surface area (Å²) < 4.78 is 10.7. The molecule has 2 aliphatic heterocycles. The van der Waals surface area contributed by atoms with Crippen LogP contribution in [0.5, 0.6) is 0 Å². The van der Waals surface area contributed by atoms with E-state index < -0.39 is 5.54 Å². The molecule has 0 bridgehead atoms. The van der Waals surface area contributed by atoms with Crippen LogP contribution >= 0.6 is 0 Å². The van der Waals surface area contributed by atoms with Gasteiger partial charge in [-0.25, -0.2) is 4.90 Å². The number of methoxy groups -OCH3 is 1. The summed E-state index contributed by atoms with van der Waals surface area (Å²) in [5, 5.41) is 0. The Kier molecular flexibility index (Phi) is 3.31. The quantitative estimate of drug-likeness (QED) is 0.472. The minimum absolute atomic E-state index is 0.205. The van der Waals surface area contributed by atoms with Gasteiger partial charge in [-0.3, -0.25) is 9.78 Å². The van der Waals surface area contributed by atoms with Crippen molar-refractivity contribution in [2.75, 3.05) is 13.7 Å². The van der Waals surface area contributed by atoms with Gasteiger partial charge in [-0.2, -0.15) is 0 Å². The van der Waals surface area contributed by atoms with E-state index in [9.17, 15) is 4.79 Å². The number of hydrogen-bond acceptors (Lipinski definition) is 5. The fraction of sp³-hybridized carbons (Fsp3) is 0.467. The van der Waals surface area contributed by atoms with E-state index in [4.69, 9.17) is 9.47 Å². The molecule has 0 radical (unpaired) electrons. The number of fused-ring (bicyclic) bond motifs is 1. The summed E-state index contributed by atoms with van der Waals surface area (Å²) in [5.41, 5.74) is 0.479. The van der Waals surface area contributed by atoms with Gasteiger partial charge in [0.25, 0.3) is 0 Å². The zero-order chi connectivity index (χ0) is 14.2. The Bertz CT molecular complexity index is 531. The van der Waals surface area contributed by atoms with Gasteiger partial charge in [0.15, 0.2) is 0 Å². The van der Waals surface area contributed by atoms with E-state index in [0.717, 1.165) is 12.1 Å². The highest BCUT2D eigenvalue weighted by molar-refractivity contribution is 5.83. The van der Waals surface area contributed by atoms with Crippen LogP contribution in [0.2, 0.25) is 0 Å². The van der Waals surface area contributed by atoms with E-state index in [1.807, 2.05) is 36.1 Å². The standard InChI is InChI=1S/C15H18N2O3/c1-3-20-14(18)13-15(11-7-4-5-10-16-11)9-6-8-12(19-2)17(13)15/h4-8,10,12-13H,3,9H2,1-2H3/t12-,13-,15+,17?/m0/s1. The molecule has 106 valence electrons. The summed E-state index contributed by atoms with van der Waals surface area (Å²) in [6.45, 7) is 2.20. The summed E-state index contributed by atoms with van der Waals surface area (Å²) >= 11 is 0. The molecule has 0 N–H and O–H groups in total. The summed E-state index contributed by atoms with van der Waals surface area (Å²) in [7, 11) is 1.64. The van der Waals surface area contributed by atoms with Gasteiger partial charge in [-0.05, 0) is 31.6 Å². The van der Waals surface area contributed by atoms with Crippen molar-refractivity contribution in [2.45, 2.75) is 31.2 Å². The van der Waals surface area contributed by atoms with Gasteiger partial charge < -0.3 is 9.47 Å². The molecular formula is C15H18N2O3. The number of carbonyl (C=O) groups is 1. The van der Waals surface area contributed by atoms with Crippen LogP contribution in [0, 0.1) is 0 Å². The van der Waals surface area contributed by atoms with Crippen LogP contribution < -0.4 is 0 Å². The summed E-state index contributed by atoms with van der Waals surface area (Å²) in [4.78, 5) is 18.7. The Morgan fingerprint density at radius 2 is 2.40 bits per heavy atom. The van der Waals surface area contributed by atoms with Crippen LogP contribution in [0.15, 0.2) is 36.5 Å². The van der Waals surface area contributed by atoms with Crippen molar-refractivity contribution in [3.8, 4) is 0 Å². The molecule has 0 aliphatic carbocycles. The lowest BCUT2D eigenvalue weighted by Gasteiger charge is -2.23. The maximum absolute atomic E-state index is 12.2. The van der Waals surface area contributed by atoms with Crippen molar-refractivity contribution in [1.82, 2.24) is 9.88 Å². The van der Waals surface area contributed by atoms with Crippen LogP contribution in [-0.2, 0) is 19.8 Å². The third kappa shape index (κ3) is 1.77. The first-order chi connectivity index (χ1) is 9.75. The van der Waals surface area contributed by atoms with Gasteiger partial charge in [-0.15, -0.1) is 0 Å². The van der Waals surface area contributed by atoms with Crippen molar-refractivity contribution < 1.29 is 14.3 Å². The smallest absolute Gasteiger partial charge is 0.325 e. The maximum atomic E-state index is 12.2. The van der Waals surface area contributed by atoms with Crippen LogP contribution in [0.1, 0.15) is 19.0 Å². The first-order valence-corrected chi connectivity index (χ1v) is 6.81. The SMILES string of the molecule is CCOC(=O)[C@@H]1N2[C@@H](OC)C=CC[C@@]12c1ccccn1. The lowest BCUT2D eigenvalue weighted by atomic mass is 9.94. The van der Waals surface area contributed by atoms with Gasteiger partial charge in [0.2, 0.25) is 0 Å². The van der Waals surface area contributed by atoms with E-state index in [2.05, 4.69) is 11.1 Å². The first-order valence-electron chi connectivity index (χ1n) is 6.81. The van der Waals surface area contributed by atoms with Gasteiger partial charge >= 0.3 is 5.97 Å². The van der Waals surface area contributed by atoms with Crippen molar-refractivity contribution in [3.05, 3.63) is 42.2 Å². The van der Waals surface area contributed by atoms with Gasteiger partial charge in [0.1, 0.15) is 12.3 Å². The Morgan fingerprint density at radius 1 is 1.55 bits per heavy atom. The predicted molar refractivity (Wildman–Crippen MR) is 72.7 cm³/mol. The fourth-order valence-electron chi connectivity index (χ4n) is 3.12. The number of esters is 1. The molecule has 3 heterocycles. The number of nitrogens with zero attached hydrogens (tertiary/aromatic N) is 2. The third-order valence-electron chi connectivity index (χ3n) is 3.99. The van der Waals surface area contributed by atoms with Crippen LogP contribution in [0.3, 0.4) is 0 Å². The maximum Gasteiger partial charge on any atom is 0.325 e. The predicted octanol–water partition coefficient (Wildman–Crippen LogP) is 1.46. The summed E-state index contributed by atoms with van der Waals surface area (Å²) in [6.07, 6.45) is 6.31. The van der Waals surface area contributed by atoms with Crippen molar-refractivity contribution in [3.63, 3.8) is 0 Å². The monoisotopic (exact) mass is 274 g/mol. The van der Waals surface area contributed by atoms with Crippen molar-refractivity contribution in [1.29, 1.82) is 0 Å². The number of hydrogen-bond donors (Lipinski definition) is 0. The van der Waals surface area contributed by atoms with Gasteiger partial charge in [-0.1, -0.05) is 12.1 Å². The largest absolute Gasteiger partial charge is 0.465 e. The second-order valence-electron chi connectivity index (χ2n) is 4.96. The highest BCUT2D eigenvalue weighted by Crippen LogP contribution is 2.56. The average Bonchev–Trinajstić information content (AvgIpc) is 3.19. The minimum atomic E-state index is -0.414. The zero-order valence-corrected chi connectivity index (χ0v) is 11.7. The fourth-order valence-corrected chi connectivity index (χ4v) is 3.12. The molecule has 0 aromatic carbocycles. The van der Waals surface area contributed by atoms with Crippen LogP contribution in [0.4, 0.5) is 0 Å². The van der Waals surface area contributed by atoms with E-state index in [1.165, 1.54) is 0 Å². The van der Waals surface area contributed by atoms with Gasteiger partial charge in [0, 0.05) is 13.3 Å². The highest BCUT2D eigenvalue weighted by Gasteiger charge is 2.71. The summed E-state index contributed by atoms with van der Waals surface area (Å²) in [6, 6.07) is 5.45. The molecule has 20 heavy (non-hydrogen) atoms. The Hall–Kier alpha value is -1.72. The average molecular weight is 274 g/mol. The van der Waals surface area contributed by atoms with Crippen LogP contribution in [0.25, 0.3) is 0 Å². The highest BCUT2D eigenvalue weighted by atomic mass is 16.5. The summed E-state index contributed by atoms with van der Waals surface area (Å²) in [5.74, 6) is -0.205. The molecule has 0 spiro atoms. The minimum Gasteiger partial charge on any atom is -0.465 e. The zero-order valence-electron chi connectivity index (χ0n) is 11.7. The Labute approximate surface area is 118 Å². The molecule has 0 saturated carbocycles. The molecular weight excluding hydrogens is 256 g/mol. The molecule has 2 aliphatic rings. The molecule has 1 aromatic rings. The van der Waals surface area contributed by atoms with Crippen LogP contribution in [-0.4, -0.2) is 41.8 Å². The van der Waals surface area contributed by atoms with Crippen molar-refractivity contribution in [2.24, 2.45) is 0 Å². The Balaban J connectivity index is 1.98. The molecule has 5 nitrogen and oxygen atoms in total. The molecule has 5 heteroatoms. The topological polar surface area (TPSA) is 51.4 Å². The molecule has 1 unspecified atom stereocenters. The lowest BCUT2D eigenvalue weighted by Crippen LogP contribution is -2.29. The third-order valence-corrected chi connectivity index (χ3v) is 3.99. The molecule has 4 atom stereocenters. The van der Waals surface area contributed by atoms with E-state index in [0.29, 0.717) is 6.61 Å². The molecule has 0 amide bonds. The molecule has 1 saturated heterocycles. The second kappa shape index (κ2) is 5.00. The number of carbonyl (C=O) groups excluding carboxylic acids is 1.